The highest BCUT2D eigenvalue weighted by Crippen LogP contribution is 2.35. The Bertz CT molecular complexity index is 440. The molecule has 0 amide bonds. The lowest BCUT2D eigenvalue weighted by Crippen LogP contribution is -1.72. The van der Waals surface area contributed by atoms with Gasteiger partial charge >= 0.3 is 0 Å². The summed E-state index contributed by atoms with van der Waals surface area (Å²) in [6.07, 6.45) is 0. The maximum Gasteiger partial charge on any atom is 0.184 e. The zero-order chi connectivity index (χ0) is 8.72. The average Bonchev–Trinajstić information content (AvgIpc) is 2.39. The van der Waals surface area contributed by atoms with Gasteiger partial charge in [-0.05, 0) is 44.0 Å². The number of hydrogen-bond donors (Lipinski definition) is 0. The number of benzene rings is 1. The second-order valence-electron chi connectivity index (χ2n) is 2.17. The van der Waals surface area contributed by atoms with E-state index in [4.69, 9.17) is 11.6 Å². The monoisotopic (exact) mass is 325 g/mol. The Hall–Kier alpha value is 0.360. The van der Waals surface area contributed by atoms with Crippen LogP contribution in [0.25, 0.3) is 10.2 Å². The number of rotatable bonds is 0. The SMILES string of the molecule is Clc1nc2c(Br)c(Br)ccc2s1. The Kier molecular flexibility index (Phi) is 2.42. The summed E-state index contributed by atoms with van der Waals surface area (Å²) in [6, 6.07) is 3.97. The standard InChI is InChI=1S/C7H2Br2ClNS/c8-3-1-2-4-6(5(3)9)11-7(10)12-4/h1-2H. The fourth-order valence-corrected chi connectivity index (χ4v) is 2.83. The van der Waals surface area contributed by atoms with Gasteiger partial charge in [0, 0.05) is 4.47 Å². The minimum Gasteiger partial charge on any atom is -0.224 e. The predicted octanol–water partition coefficient (Wildman–Crippen LogP) is 4.47. The van der Waals surface area contributed by atoms with Crippen molar-refractivity contribution in [2.75, 3.05) is 0 Å². The van der Waals surface area contributed by atoms with E-state index in [1.165, 1.54) is 11.3 Å². The first-order chi connectivity index (χ1) is 5.68. The number of aromatic nitrogens is 1. The van der Waals surface area contributed by atoms with Gasteiger partial charge in [-0.15, -0.1) is 11.3 Å². The molecule has 0 aliphatic rings. The molecule has 1 aromatic carbocycles. The molecule has 5 heteroatoms. The van der Waals surface area contributed by atoms with Crippen LogP contribution in [0, 0.1) is 0 Å². The van der Waals surface area contributed by atoms with E-state index in [1.807, 2.05) is 12.1 Å². The molecule has 0 N–H and O–H groups in total. The highest BCUT2D eigenvalue weighted by Gasteiger charge is 2.07. The van der Waals surface area contributed by atoms with Gasteiger partial charge in [-0.25, -0.2) is 4.98 Å². The van der Waals surface area contributed by atoms with Crippen molar-refractivity contribution < 1.29 is 0 Å². The maximum absolute atomic E-state index is 5.78. The van der Waals surface area contributed by atoms with Crippen molar-refractivity contribution in [2.45, 2.75) is 0 Å². The van der Waals surface area contributed by atoms with E-state index >= 15 is 0 Å². The van der Waals surface area contributed by atoms with Crippen molar-refractivity contribution in [3.05, 3.63) is 25.5 Å². The summed E-state index contributed by atoms with van der Waals surface area (Å²) in [7, 11) is 0. The molecule has 1 nitrogen and oxygen atoms in total. The molecule has 0 saturated heterocycles. The second-order valence-corrected chi connectivity index (χ2v) is 5.44. The number of fused-ring (bicyclic) bond motifs is 1. The Morgan fingerprint density at radius 3 is 2.83 bits per heavy atom. The molecule has 0 bridgehead atoms. The lowest BCUT2D eigenvalue weighted by atomic mass is 10.3. The van der Waals surface area contributed by atoms with Gasteiger partial charge < -0.3 is 0 Å². The summed E-state index contributed by atoms with van der Waals surface area (Å²) >= 11 is 14.1. The van der Waals surface area contributed by atoms with Crippen molar-refractivity contribution in [3.8, 4) is 0 Å². The summed E-state index contributed by atoms with van der Waals surface area (Å²) in [5.74, 6) is 0. The van der Waals surface area contributed by atoms with Crippen LogP contribution in [0.5, 0.6) is 0 Å². The topological polar surface area (TPSA) is 12.9 Å². The summed E-state index contributed by atoms with van der Waals surface area (Å²) < 4.78 is 3.62. The molecule has 0 aliphatic heterocycles. The fourth-order valence-electron chi connectivity index (χ4n) is 0.910. The molecule has 0 unspecified atom stereocenters. The Morgan fingerprint density at radius 2 is 2.08 bits per heavy atom. The molecule has 62 valence electrons. The first kappa shape index (κ1) is 8.94. The fraction of sp³-hybridized carbons (Fsp3) is 0. The molecule has 1 aromatic heterocycles. The lowest BCUT2D eigenvalue weighted by Gasteiger charge is -1.94. The third-order valence-electron chi connectivity index (χ3n) is 1.43. The number of halogens is 3. The summed E-state index contributed by atoms with van der Waals surface area (Å²) in [4.78, 5) is 4.18. The highest BCUT2D eigenvalue weighted by molar-refractivity contribution is 9.13. The van der Waals surface area contributed by atoms with E-state index in [0.29, 0.717) is 4.47 Å². The van der Waals surface area contributed by atoms with E-state index in [9.17, 15) is 0 Å². The zero-order valence-electron chi connectivity index (χ0n) is 5.64. The quantitative estimate of drug-likeness (QED) is 0.695. The molecule has 1 heterocycles. The van der Waals surface area contributed by atoms with Crippen LogP contribution in [0.2, 0.25) is 4.47 Å². The van der Waals surface area contributed by atoms with Gasteiger partial charge in [-0.3, -0.25) is 0 Å². The van der Waals surface area contributed by atoms with Gasteiger partial charge in [0.1, 0.15) is 0 Å². The first-order valence-corrected chi connectivity index (χ1v) is 5.86. The van der Waals surface area contributed by atoms with Crippen molar-refractivity contribution in [1.29, 1.82) is 0 Å². The minimum absolute atomic E-state index is 0.573. The van der Waals surface area contributed by atoms with Crippen molar-refractivity contribution >= 4 is 65.0 Å². The average molecular weight is 327 g/mol. The Labute approximate surface area is 95.0 Å². The van der Waals surface area contributed by atoms with Crippen LogP contribution in [0.1, 0.15) is 0 Å². The van der Waals surface area contributed by atoms with Gasteiger partial charge in [-0.2, -0.15) is 0 Å². The van der Waals surface area contributed by atoms with E-state index < -0.39 is 0 Å². The number of thiazole rings is 1. The van der Waals surface area contributed by atoms with Crippen LogP contribution in [-0.4, -0.2) is 4.98 Å². The maximum atomic E-state index is 5.78. The number of nitrogens with zero attached hydrogens (tertiary/aromatic N) is 1. The highest BCUT2D eigenvalue weighted by atomic mass is 79.9. The normalized spacial score (nSPS) is 10.9. The van der Waals surface area contributed by atoms with Gasteiger partial charge in [0.05, 0.1) is 14.7 Å². The van der Waals surface area contributed by atoms with Crippen LogP contribution in [0.3, 0.4) is 0 Å². The van der Waals surface area contributed by atoms with Crippen molar-refractivity contribution in [3.63, 3.8) is 0 Å². The Morgan fingerprint density at radius 1 is 1.33 bits per heavy atom. The van der Waals surface area contributed by atoms with Gasteiger partial charge in [0.25, 0.3) is 0 Å². The molecule has 0 saturated carbocycles. The third-order valence-corrected chi connectivity index (χ3v) is 4.55. The van der Waals surface area contributed by atoms with Crippen molar-refractivity contribution in [1.82, 2.24) is 4.98 Å². The summed E-state index contributed by atoms with van der Waals surface area (Å²) in [5, 5.41) is 0. The molecular weight excluding hydrogens is 325 g/mol. The smallest absolute Gasteiger partial charge is 0.184 e. The van der Waals surface area contributed by atoms with E-state index in [2.05, 4.69) is 36.8 Å². The van der Waals surface area contributed by atoms with Gasteiger partial charge in [-0.1, -0.05) is 11.6 Å². The van der Waals surface area contributed by atoms with Crippen LogP contribution in [-0.2, 0) is 0 Å². The molecule has 0 radical (unpaired) electrons. The van der Waals surface area contributed by atoms with Crippen LogP contribution >= 0.6 is 54.8 Å². The van der Waals surface area contributed by atoms with Gasteiger partial charge in [0.15, 0.2) is 4.47 Å². The van der Waals surface area contributed by atoms with Crippen LogP contribution < -0.4 is 0 Å². The molecule has 2 rings (SSSR count). The molecule has 2 aromatic rings. The van der Waals surface area contributed by atoms with Gasteiger partial charge in [0.2, 0.25) is 0 Å². The zero-order valence-corrected chi connectivity index (χ0v) is 10.4. The first-order valence-electron chi connectivity index (χ1n) is 3.08. The molecule has 0 fully saturated rings. The van der Waals surface area contributed by atoms with Crippen LogP contribution in [0.4, 0.5) is 0 Å². The largest absolute Gasteiger partial charge is 0.224 e. The lowest BCUT2D eigenvalue weighted by molar-refractivity contribution is 1.47. The molecule has 0 spiro atoms. The summed E-state index contributed by atoms with van der Waals surface area (Å²) in [5.41, 5.74) is 0.916. The summed E-state index contributed by atoms with van der Waals surface area (Å²) in [6.45, 7) is 0. The van der Waals surface area contributed by atoms with E-state index in [1.54, 1.807) is 0 Å². The molecule has 0 aliphatic carbocycles. The minimum atomic E-state index is 0.573. The van der Waals surface area contributed by atoms with E-state index in [0.717, 1.165) is 19.2 Å². The number of hydrogen-bond acceptors (Lipinski definition) is 2. The molecule has 12 heavy (non-hydrogen) atoms. The molecule has 0 atom stereocenters. The van der Waals surface area contributed by atoms with Crippen LogP contribution in [0.15, 0.2) is 21.1 Å². The predicted molar refractivity (Wildman–Crippen MR) is 60.0 cm³/mol. The third kappa shape index (κ3) is 1.41. The second kappa shape index (κ2) is 3.25. The van der Waals surface area contributed by atoms with Crippen molar-refractivity contribution in [2.24, 2.45) is 0 Å². The Balaban J connectivity index is 2.89. The molecular formula is C7H2Br2ClNS. The van der Waals surface area contributed by atoms with E-state index in [-0.39, 0.29) is 0 Å².